The number of rotatable bonds is 54. The predicted octanol–water partition coefficient (Wildman–Crippen LogP) is 15.3. The van der Waals surface area contributed by atoms with Crippen LogP contribution in [-0.2, 0) is 19.2 Å². The van der Waals surface area contributed by atoms with E-state index in [4.69, 9.17) is 0 Å². The third-order valence-corrected chi connectivity index (χ3v) is 15.1. The number of unbranched alkanes of at least 4 members (excludes halogenated alkanes) is 32. The Hall–Kier alpha value is -2.20. The number of nitrogens with one attached hydrogen (secondary N) is 2. The highest BCUT2D eigenvalue weighted by Gasteiger charge is 2.33. The molecule has 0 aliphatic heterocycles. The second-order valence-corrected chi connectivity index (χ2v) is 23.6. The zero-order chi connectivity index (χ0) is 54.2. The van der Waals surface area contributed by atoms with Crippen molar-refractivity contribution in [1.29, 1.82) is 0 Å². The third-order valence-electron chi connectivity index (χ3n) is 15.1. The van der Waals surface area contributed by atoms with Crippen molar-refractivity contribution in [2.45, 2.75) is 304 Å². The summed E-state index contributed by atoms with van der Waals surface area (Å²) in [6, 6.07) is -0.921. The summed E-state index contributed by atoms with van der Waals surface area (Å²) in [5.74, 6) is 0.224. The molecule has 0 saturated carbocycles. The summed E-state index contributed by atoms with van der Waals surface area (Å²) in [6.07, 6.45) is 46.5. The molecule has 2 unspecified atom stereocenters. The second kappa shape index (κ2) is 50.6. The zero-order valence-electron chi connectivity index (χ0n) is 50.6. The van der Waals surface area contributed by atoms with Gasteiger partial charge in [0.05, 0.1) is 0 Å². The highest BCUT2D eigenvalue weighted by molar-refractivity contribution is 5.88. The monoisotopic (exact) mass is 1030 g/mol. The van der Waals surface area contributed by atoms with Gasteiger partial charge in [0.1, 0.15) is 12.1 Å². The largest absolute Gasteiger partial charge is 0.354 e. The van der Waals surface area contributed by atoms with Gasteiger partial charge in [-0.3, -0.25) is 19.2 Å². The first-order valence-corrected chi connectivity index (χ1v) is 31.7. The van der Waals surface area contributed by atoms with Crippen molar-refractivity contribution in [2.24, 2.45) is 11.8 Å². The molecule has 0 aromatic carbocycles. The first-order chi connectivity index (χ1) is 35.3. The van der Waals surface area contributed by atoms with Crippen molar-refractivity contribution in [3.8, 4) is 0 Å². The average molecular weight is 1030 g/mol. The van der Waals surface area contributed by atoms with E-state index in [1.807, 2.05) is 9.80 Å². The van der Waals surface area contributed by atoms with Crippen LogP contribution in [0.5, 0.6) is 0 Å². The van der Waals surface area contributed by atoms with Gasteiger partial charge >= 0.3 is 0 Å². The Kier molecular flexibility index (Phi) is 49.1. The number of amides is 4. The van der Waals surface area contributed by atoms with Crippen LogP contribution in [0.4, 0.5) is 0 Å². The predicted molar refractivity (Wildman–Crippen MR) is 315 cm³/mol. The first kappa shape index (κ1) is 70.8. The van der Waals surface area contributed by atoms with E-state index >= 15 is 0 Å². The number of hydrogen-bond donors (Lipinski definition) is 2. The summed E-state index contributed by atoms with van der Waals surface area (Å²) < 4.78 is 0. The molecule has 0 bridgehead atoms. The maximum atomic E-state index is 13.8. The fourth-order valence-corrected chi connectivity index (χ4v) is 10.6. The van der Waals surface area contributed by atoms with Gasteiger partial charge in [-0.25, -0.2) is 0 Å². The molecule has 432 valence electrons. The van der Waals surface area contributed by atoms with Crippen molar-refractivity contribution in [3.63, 3.8) is 0 Å². The molecule has 0 rings (SSSR count). The Morgan fingerprint density at radius 1 is 0.315 bits per heavy atom. The normalized spacial score (nSPS) is 12.6. The molecule has 0 fully saturated rings. The molecular formula is C63H126N6O4. The van der Waals surface area contributed by atoms with Crippen LogP contribution in [-0.4, -0.2) is 123 Å². The Morgan fingerprint density at radius 2 is 0.548 bits per heavy atom. The molecule has 2 N–H and O–H groups in total. The molecule has 10 heteroatoms. The minimum absolute atomic E-state index is 0.0249. The highest BCUT2D eigenvalue weighted by Crippen LogP contribution is 2.20. The van der Waals surface area contributed by atoms with Gasteiger partial charge in [0.25, 0.3) is 0 Å². The lowest BCUT2D eigenvalue weighted by Crippen LogP contribution is -2.53. The summed E-state index contributed by atoms with van der Waals surface area (Å²) in [6.45, 7) is 17.0. The van der Waals surface area contributed by atoms with Gasteiger partial charge < -0.3 is 30.2 Å². The van der Waals surface area contributed by atoms with Crippen LogP contribution >= 0.6 is 0 Å². The number of carbonyl (C=O) groups is 4. The number of nitrogens with zero attached hydrogens (tertiary/aromatic N) is 4. The van der Waals surface area contributed by atoms with Gasteiger partial charge in [0, 0.05) is 39.0 Å². The molecule has 4 amide bonds. The topological polar surface area (TPSA) is 105 Å². The Balaban J connectivity index is 4.75. The van der Waals surface area contributed by atoms with E-state index < -0.39 is 12.1 Å². The minimum Gasteiger partial charge on any atom is -0.354 e. The van der Waals surface area contributed by atoms with Gasteiger partial charge in [-0.1, -0.05) is 241 Å². The third kappa shape index (κ3) is 41.6. The van der Waals surface area contributed by atoms with Crippen LogP contribution in [0.2, 0.25) is 0 Å². The number of carbonyl (C=O) groups excluding carboxylic acids is 4. The van der Waals surface area contributed by atoms with E-state index in [1.54, 1.807) is 0 Å². The Bertz CT molecular complexity index is 1180. The zero-order valence-corrected chi connectivity index (χ0v) is 50.6. The molecule has 0 radical (unpaired) electrons. The smallest absolute Gasteiger partial charge is 0.243 e. The molecule has 0 heterocycles. The van der Waals surface area contributed by atoms with Crippen molar-refractivity contribution in [3.05, 3.63) is 0 Å². The summed E-state index contributed by atoms with van der Waals surface area (Å²) in [7, 11) is 8.23. The summed E-state index contributed by atoms with van der Waals surface area (Å²) in [5.41, 5.74) is 0. The molecule has 0 aliphatic carbocycles. The maximum Gasteiger partial charge on any atom is 0.243 e. The van der Waals surface area contributed by atoms with Gasteiger partial charge in [-0.15, -0.1) is 0 Å². The van der Waals surface area contributed by atoms with Crippen LogP contribution in [0, 0.1) is 11.8 Å². The lowest BCUT2D eigenvalue weighted by Gasteiger charge is -2.34. The molecular weight excluding hydrogens is 905 g/mol. The molecule has 0 saturated heterocycles. The molecule has 2 atom stereocenters. The van der Waals surface area contributed by atoms with E-state index in [1.165, 1.54) is 167 Å². The van der Waals surface area contributed by atoms with E-state index in [2.05, 4.69) is 90.2 Å². The lowest BCUT2D eigenvalue weighted by atomic mass is 9.99. The Labute approximate surface area is 454 Å². The van der Waals surface area contributed by atoms with Gasteiger partial charge in [-0.05, 0) is 91.6 Å². The van der Waals surface area contributed by atoms with Gasteiger partial charge in [0.15, 0.2) is 0 Å². The van der Waals surface area contributed by atoms with Gasteiger partial charge in [0.2, 0.25) is 23.6 Å². The van der Waals surface area contributed by atoms with Crippen molar-refractivity contribution < 1.29 is 19.2 Å². The van der Waals surface area contributed by atoms with Crippen LogP contribution in [0.15, 0.2) is 0 Å². The molecule has 0 aromatic heterocycles. The average Bonchev–Trinajstić information content (AvgIpc) is 3.34. The summed E-state index contributed by atoms with van der Waals surface area (Å²) in [5, 5.41) is 6.41. The standard InChI is InChI=1S/C63H126N6O4/c1-11-13-15-17-19-21-23-25-27-29-31-33-35-38-42-48-58(70)68(54-46-52-66(7)8)60(56(3)4)62(72)64-50-44-40-37-41-45-51-65-63(73)61(57(5)6)69(55-47-53-67(9)10)59(71)49-43-39-36-34-32-30-28-26-24-22-20-18-16-14-12-2/h56-57,60-61H,11-55H2,1-10H3,(H,64,72)(H,65,73). The fraction of sp³-hybridized carbons (Fsp3) is 0.937. The lowest BCUT2D eigenvalue weighted by molar-refractivity contribution is -0.142. The number of hydrogen-bond acceptors (Lipinski definition) is 6. The van der Waals surface area contributed by atoms with Crippen molar-refractivity contribution in [2.75, 3.05) is 67.5 Å². The quantitative estimate of drug-likeness (QED) is 0.0588. The summed E-state index contributed by atoms with van der Waals surface area (Å²) in [4.78, 5) is 63.1. The van der Waals surface area contributed by atoms with E-state index in [-0.39, 0.29) is 35.5 Å². The molecule has 0 aliphatic rings. The first-order valence-electron chi connectivity index (χ1n) is 31.7. The fourth-order valence-electron chi connectivity index (χ4n) is 10.6. The SMILES string of the molecule is CCCCCCCCCCCCCCCCCC(=O)N(CCCN(C)C)C(C(=O)NCCCCCCCNC(=O)C(C(C)C)N(CCCN(C)C)C(=O)CCCCCCCCCCCCCCCCC)C(C)C. The summed E-state index contributed by atoms with van der Waals surface area (Å²) >= 11 is 0. The molecule has 0 aromatic rings. The minimum atomic E-state index is -0.461. The van der Waals surface area contributed by atoms with Gasteiger partial charge in [-0.2, -0.15) is 0 Å². The van der Waals surface area contributed by atoms with Crippen LogP contribution < -0.4 is 10.6 Å². The van der Waals surface area contributed by atoms with Crippen LogP contribution in [0.1, 0.15) is 292 Å². The highest BCUT2D eigenvalue weighted by atomic mass is 16.2. The van der Waals surface area contributed by atoms with Crippen molar-refractivity contribution in [1.82, 2.24) is 30.2 Å². The molecule has 73 heavy (non-hydrogen) atoms. The molecule has 0 spiro atoms. The molecule has 10 nitrogen and oxygen atoms in total. The second-order valence-electron chi connectivity index (χ2n) is 23.6. The van der Waals surface area contributed by atoms with E-state index in [9.17, 15) is 19.2 Å². The van der Waals surface area contributed by atoms with E-state index in [0.717, 1.165) is 83.7 Å². The van der Waals surface area contributed by atoms with Crippen LogP contribution in [0.3, 0.4) is 0 Å². The Morgan fingerprint density at radius 3 is 0.781 bits per heavy atom. The van der Waals surface area contributed by atoms with Crippen LogP contribution in [0.25, 0.3) is 0 Å². The van der Waals surface area contributed by atoms with Crippen molar-refractivity contribution >= 4 is 23.6 Å². The maximum absolute atomic E-state index is 13.8. The van der Waals surface area contributed by atoms with E-state index in [0.29, 0.717) is 39.0 Å².